The van der Waals surface area contributed by atoms with Gasteiger partial charge in [0, 0.05) is 6.42 Å². The zero-order valence-electron chi connectivity index (χ0n) is 11.7. The Kier molecular flexibility index (Phi) is 5.82. The van der Waals surface area contributed by atoms with Gasteiger partial charge in [-0.2, -0.15) is 0 Å². The van der Waals surface area contributed by atoms with E-state index in [0.29, 0.717) is 5.56 Å². The largest absolute Gasteiger partial charge is 0.481 e. The molecule has 0 saturated carbocycles. The van der Waals surface area contributed by atoms with E-state index in [1.807, 2.05) is 13.8 Å². The van der Waals surface area contributed by atoms with Crippen molar-refractivity contribution in [3.8, 4) is 0 Å². The summed E-state index contributed by atoms with van der Waals surface area (Å²) >= 11 is 0. The van der Waals surface area contributed by atoms with Crippen LogP contribution in [0.5, 0.6) is 0 Å². The molecule has 0 fully saturated rings. The minimum absolute atomic E-state index is 0.0252. The highest BCUT2D eigenvalue weighted by Gasteiger charge is 2.26. The standard InChI is InChI=1S/C15H20FNO3/c1-9(2)14(17)13(18)8-11(15(19)20)7-10-3-5-12(16)6-4-10/h3-6,9,11,14H,7-8,17H2,1-2H3,(H,19,20)/t11-,14-/m0/s1. The van der Waals surface area contributed by atoms with Gasteiger partial charge in [0.05, 0.1) is 12.0 Å². The number of nitrogens with two attached hydrogens (primary N) is 1. The number of Topliss-reactive ketones (excluding diaryl/α,β-unsaturated/α-hetero) is 1. The topological polar surface area (TPSA) is 80.4 Å². The number of hydrogen-bond acceptors (Lipinski definition) is 3. The van der Waals surface area contributed by atoms with Crippen molar-refractivity contribution in [3.63, 3.8) is 0 Å². The summed E-state index contributed by atoms with van der Waals surface area (Å²) in [6.45, 7) is 3.64. The molecule has 5 heteroatoms. The van der Waals surface area contributed by atoms with Crippen LogP contribution >= 0.6 is 0 Å². The van der Waals surface area contributed by atoms with Crippen molar-refractivity contribution >= 4 is 11.8 Å². The highest BCUT2D eigenvalue weighted by Crippen LogP contribution is 2.16. The fraction of sp³-hybridized carbons (Fsp3) is 0.467. The van der Waals surface area contributed by atoms with E-state index in [9.17, 15) is 19.1 Å². The summed E-state index contributed by atoms with van der Waals surface area (Å²) in [6.07, 6.45) is 0.0816. The van der Waals surface area contributed by atoms with Gasteiger partial charge in [0.2, 0.25) is 0 Å². The molecule has 0 aromatic heterocycles. The molecule has 0 saturated heterocycles. The van der Waals surface area contributed by atoms with E-state index in [1.165, 1.54) is 24.3 Å². The summed E-state index contributed by atoms with van der Waals surface area (Å²) in [4.78, 5) is 23.1. The van der Waals surface area contributed by atoms with Crippen molar-refractivity contribution in [1.29, 1.82) is 0 Å². The SMILES string of the molecule is CC(C)[C@H](N)C(=O)C[C@H](Cc1ccc(F)cc1)C(=O)O. The number of benzene rings is 1. The molecule has 0 unspecified atom stereocenters. The Morgan fingerprint density at radius 2 is 1.80 bits per heavy atom. The highest BCUT2D eigenvalue weighted by molar-refractivity contribution is 5.87. The van der Waals surface area contributed by atoms with Gasteiger partial charge in [0.1, 0.15) is 5.82 Å². The fourth-order valence-electron chi connectivity index (χ4n) is 1.90. The van der Waals surface area contributed by atoms with Crippen LogP contribution in [0.3, 0.4) is 0 Å². The summed E-state index contributed by atoms with van der Waals surface area (Å²) in [5, 5.41) is 9.19. The van der Waals surface area contributed by atoms with Crippen molar-refractivity contribution in [1.82, 2.24) is 0 Å². The molecule has 0 aliphatic rings. The minimum atomic E-state index is -1.04. The maximum atomic E-state index is 12.8. The lowest BCUT2D eigenvalue weighted by molar-refractivity contribution is -0.144. The van der Waals surface area contributed by atoms with Crippen LogP contribution in [-0.4, -0.2) is 22.9 Å². The van der Waals surface area contributed by atoms with Crippen molar-refractivity contribution < 1.29 is 19.1 Å². The Balaban J connectivity index is 2.72. The molecule has 0 bridgehead atoms. The number of hydrogen-bond donors (Lipinski definition) is 2. The van der Waals surface area contributed by atoms with Crippen molar-refractivity contribution in [2.24, 2.45) is 17.6 Å². The van der Waals surface area contributed by atoms with Gasteiger partial charge in [-0.1, -0.05) is 26.0 Å². The van der Waals surface area contributed by atoms with E-state index in [0.717, 1.165) is 0 Å². The van der Waals surface area contributed by atoms with Gasteiger partial charge in [-0.15, -0.1) is 0 Å². The molecule has 0 aliphatic carbocycles. The molecule has 1 rings (SSSR count). The number of aliphatic carboxylic acids is 1. The Morgan fingerprint density at radius 1 is 1.25 bits per heavy atom. The molecule has 0 amide bonds. The zero-order valence-corrected chi connectivity index (χ0v) is 11.7. The Labute approximate surface area is 117 Å². The first-order valence-corrected chi connectivity index (χ1v) is 6.56. The third-order valence-corrected chi connectivity index (χ3v) is 3.28. The maximum Gasteiger partial charge on any atom is 0.307 e. The van der Waals surface area contributed by atoms with Crippen LogP contribution in [0, 0.1) is 17.7 Å². The molecule has 0 radical (unpaired) electrons. The molecule has 4 nitrogen and oxygen atoms in total. The quantitative estimate of drug-likeness (QED) is 0.801. The van der Waals surface area contributed by atoms with E-state index in [2.05, 4.69) is 0 Å². The number of halogens is 1. The van der Waals surface area contributed by atoms with Crippen molar-refractivity contribution in [2.45, 2.75) is 32.7 Å². The minimum Gasteiger partial charge on any atom is -0.481 e. The second-order valence-electron chi connectivity index (χ2n) is 5.31. The van der Waals surface area contributed by atoms with E-state index >= 15 is 0 Å². The molecule has 0 aliphatic heterocycles. The lowest BCUT2D eigenvalue weighted by atomic mass is 9.89. The Hall–Kier alpha value is -1.75. The van der Waals surface area contributed by atoms with Gasteiger partial charge in [0.15, 0.2) is 5.78 Å². The number of carbonyl (C=O) groups excluding carboxylic acids is 1. The molecule has 1 aromatic carbocycles. The maximum absolute atomic E-state index is 12.8. The average Bonchev–Trinajstić information content (AvgIpc) is 2.39. The first-order chi connectivity index (χ1) is 9.31. The molecule has 1 aromatic rings. The van der Waals surface area contributed by atoms with E-state index in [-0.39, 0.29) is 30.4 Å². The van der Waals surface area contributed by atoms with Crippen LogP contribution in [0.2, 0.25) is 0 Å². The van der Waals surface area contributed by atoms with Gasteiger partial charge >= 0.3 is 5.97 Å². The van der Waals surface area contributed by atoms with Gasteiger partial charge in [-0.3, -0.25) is 9.59 Å². The Morgan fingerprint density at radius 3 is 2.25 bits per heavy atom. The third kappa shape index (κ3) is 4.74. The van der Waals surface area contributed by atoms with Crippen LogP contribution in [-0.2, 0) is 16.0 Å². The summed E-state index contributed by atoms with van der Waals surface area (Å²) in [7, 11) is 0. The number of carbonyl (C=O) groups is 2. The predicted molar refractivity (Wildman–Crippen MR) is 73.7 cm³/mol. The lowest BCUT2D eigenvalue weighted by Crippen LogP contribution is -2.37. The van der Waals surface area contributed by atoms with Gasteiger partial charge in [-0.05, 0) is 30.0 Å². The van der Waals surface area contributed by atoms with Crippen LogP contribution in [0.4, 0.5) is 4.39 Å². The Bertz CT molecular complexity index is 471. The molecular weight excluding hydrogens is 261 g/mol. The van der Waals surface area contributed by atoms with Crippen LogP contribution in [0.15, 0.2) is 24.3 Å². The van der Waals surface area contributed by atoms with Gasteiger partial charge < -0.3 is 10.8 Å². The zero-order chi connectivity index (χ0) is 15.3. The van der Waals surface area contributed by atoms with Crippen LogP contribution in [0.1, 0.15) is 25.8 Å². The normalized spacial score (nSPS) is 14.1. The predicted octanol–water partition coefficient (Wildman–Crippen LogP) is 2.01. The molecule has 20 heavy (non-hydrogen) atoms. The first-order valence-electron chi connectivity index (χ1n) is 6.56. The molecular formula is C15H20FNO3. The number of carboxylic acids is 1. The smallest absolute Gasteiger partial charge is 0.307 e. The molecule has 0 spiro atoms. The molecule has 0 heterocycles. The summed E-state index contributed by atoms with van der Waals surface area (Å²) in [5.74, 6) is -2.53. The number of ketones is 1. The van der Waals surface area contributed by atoms with Gasteiger partial charge in [0.25, 0.3) is 0 Å². The van der Waals surface area contributed by atoms with E-state index < -0.39 is 17.9 Å². The summed E-state index contributed by atoms with van der Waals surface area (Å²) < 4.78 is 12.8. The van der Waals surface area contributed by atoms with Crippen LogP contribution in [0.25, 0.3) is 0 Å². The van der Waals surface area contributed by atoms with Crippen LogP contribution < -0.4 is 5.73 Å². The fourth-order valence-corrected chi connectivity index (χ4v) is 1.90. The first kappa shape index (κ1) is 16.3. The third-order valence-electron chi connectivity index (χ3n) is 3.28. The monoisotopic (exact) mass is 281 g/mol. The number of rotatable bonds is 7. The van der Waals surface area contributed by atoms with E-state index in [1.54, 1.807) is 0 Å². The molecule has 2 atom stereocenters. The van der Waals surface area contributed by atoms with Crippen molar-refractivity contribution in [3.05, 3.63) is 35.6 Å². The highest BCUT2D eigenvalue weighted by atomic mass is 19.1. The van der Waals surface area contributed by atoms with E-state index in [4.69, 9.17) is 5.73 Å². The molecule has 3 N–H and O–H groups in total. The second kappa shape index (κ2) is 7.14. The average molecular weight is 281 g/mol. The summed E-state index contributed by atoms with van der Waals surface area (Å²) in [6, 6.07) is 4.95. The number of carboxylic acid groups (broad SMARTS) is 1. The lowest BCUT2D eigenvalue weighted by Gasteiger charge is -2.17. The second-order valence-corrected chi connectivity index (χ2v) is 5.31. The molecule has 110 valence electrons. The summed E-state index contributed by atoms with van der Waals surface area (Å²) in [5.41, 5.74) is 6.41. The van der Waals surface area contributed by atoms with Crippen molar-refractivity contribution in [2.75, 3.05) is 0 Å². The van der Waals surface area contributed by atoms with Gasteiger partial charge in [-0.25, -0.2) is 4.39 Å².